The molecular weight excluding hydrogens is 617 g/mol. The van der Waals surface area contributed by atoms with E-state index in [0.29, 0.717) is 54.4 Å². The standard InChI is InChI=1S/C28H32ClF3N10O3/c1-17(14-41-16-35-38-39-41)44-23-11-18(5-6-21(23)29)19-12-33-25(34-13-19)36-22-15-42(37-24(22)28(30,31)32)20-7-9-40(10-8-20)26(43)45-27(2,3)4/h5-6,11-13,15-17,20H,7-10,14H2,1-4H3,(H,33,34,36)/t17-/m0/s1. The summed E-state index contributed by atoms with van der Waals surface area (Å²) >= 11 is 6.34. The number of nitrogens with one attached hydrogen (secondary N) is 1. The molecule has 240 valence electrons. The van der Waals surface area contributed by atoms with E-state index in [1.54, 1.807) is 43.9 Å². The van der Waals surface area contributed by atoms with Crippen molar-refractivity contribution in [1.29, 1.82) is 0 Å². The zero-order valence-electron chi connectivity index (χ0n) is 25.0. The van der Waals surface area contributed by atoms with Crippen LogP contribution in [-0.4, -0.2) is 75.7 Å². The zero-order chi connectivity index (χ0) is 32.4. The maximum atomic E-state index is 13.9. The lowest BCUT2D eigenvalue weighted by Gasteiger charge is -2.33. The number of nitrogens with zero attached hydrogens (tertiary/aromatic N) is 9. The number of aromatic nitrogens is 8. The van der Waals surface area contributed by atoms with Gasteiger partial charge in [0.1, 0.15) is 23.8 Å². The molecule has 4 aromatic rings. The van der Waals surface area contributed by atoms with Crippen molar-refractivity contribution in [2.45, 2.75) is 71.0 Å². The molecule has 1 amide bonds. The van der Waals surface area contributed by atoms with Crippen LogP contribution in [0.1, 0.15) is 52.3 Å². The molecule has 1 aliphatic rings. The van der Waals surface area contributed by atoms with Gasteiger partial charge < -0.3 is 19.7 Å². The lowest BCUT2D eigenvalue weighted by Crippen LogP contribution is -2.42. The van der Waals surface area contributed by atoms with Crippen molar-refractivity contribution in [3.63, 3.8) is 0 Å². The lowest BCUT2D eigenvalue weighted by atomic mass is 10.1. The molecule has 0 radical (unpaired) electrons. The first-order valence-electron chi connectivity index (χ1n) is 14.2. The Bertz CT molecular complexity index is 1600. The number of tetrazole rings is 1. The third-order valence-electron chi connectivity index (χ3n) is 6.82. The fourth-order valence-electron chi connectivity index (χ4n) is 4.74. The van der Waals surface area contributed by atoms with Crippen LogP contribution in [0.5, 0.6) is 5.75 Å². The summed E-state index contributed by atoms with van der Waals surface area (Å²) in [5.74, 6) is 0.389. The SMILES string of the molecule is C[C@@H](Cn1cnnn1)Oc1cc(-c2cnc(Nc3cn(C4CCN(C(=O)OC(C)(C)C)CC4)nc3C(F)(F)F)nc2)ccc1Cl. The second-order valence-electron chi connectivity index (χ2n) is 11.6. The molecule has 4 heterocycles. The molecule has 1 atom stereocenters. The highest BCUT2D eigenvalue weighted by Gasteiger charge is 2.39. The topological polar surface area (TPSA) is 138 Å². The molecule has 1 aliphatic heterocycles. The number of hydrogen-bond donors (Lipinski definition) is 1. The van der Waals surface area contributed by atoms with Gasteiger partial charge in [0.05, 0.1) is 23.3 Å². The zero-order valence-corrected chi connectivity index (χ0v) is 25.7. The van der Waals surface area contributed by atoms with Crippen molar-refractivity contribution in [2.24, 2.45) is 0 Å². The average molecular weight is 649 g/mol. The number of halogens is 4. The van der Waals surface area contributed by atoms with Crippen LogP contribution >= 0.6 is 11.6 Å². The van der Waals surface area contributed by atoms with Crippen molar-refractivity contribution >= 4 is 29.3 Å². The molecule has 45 heavy (non-hydrogen) atoms. The van der Waals surface area contributed by atoms with Gasteiger partial charge in [-0.1, -0.05) is 17.7 Å². The largest absolute Gasteiger partial charge is 0.487 e. The number of carbonyl (C=O) groups excluding carboxylic acids is 1. The lowest BCUT2D eigenvalue weighted by molar-refractivity contribution is -0.141. The van der Waals surface area contributed by atoms with Crippen molar-refractivity contribution in [3.8, 4) is 16.9 Å². The fraction of sp³-hybridized carbons (Fsp3) is 0.464. The Morgan fingerprint density at radius 3 is 2.47 bits per heavy atom. The van der Waals surface area contributed by atoms with Gasteiger partial charge in [0.2, 0.25) is 5.95 Å². The number of rotatable bonds is 8. The summed E-state index contributed by atoms with van der Waals surface area (Å²) in [6.07, 6.45) is 1.12. The Kier molecular flexibility index (Phi) is 9.13. The third-order valence-corrected chi connectivity index (χ3v) is 7.13. The number of ether oxygens (including phenoxy) is 2. The van der Waals surface area contributed by atoms with E-state index in [1.165, 1.54) is 34.3 Å². The Morgan fingerprint density at radius 2 is 1.84 bits per heavy atom. The fourth-order valence-corrected chi connectivity index (χ4v) is 4.90. The molecule has 0 saturated carbocycles. The summed E-state index contributed by atoms with van der Waals surface area (Å²) < 4.78 is 56.1. The highest BCUT2D eigenvalue weighted by atomic mass is 35.5. The van der Waals surface area contributed by atoms with Crippen molar-refractivity contribution in [1.82, 2.24) is 44.9 Å². The van der Waals surface area contributed by atoms with Gasteiger partial charge in [-0.2, -0.15) is 18.3 Å². The molecule has 17 heteroatoms. The first kappa shape index (κ1) is 31.9. The van der Waals surface area contributed by atoms with Crippen molar-refractivity contribution < 1.29 is 27.4 Å². The number of hydrogen-bond acceptors (Lipinski definition) is 10. The maximum absolute atomic E-state index is 13.9. The third kappa shape index (κ3) is 8.17. The van der Waals surface area contributed by atoms with Crippen LogP contribution in [0.15, 0.2) is 43.1 Å². The van der Waals surface area contributed by atoms with Crippen LogP contribution in [0.4, 0.5) is 29.6 Å². The van der Waals surface area contributed by atoms with Crippen LogP contribution in [0.25, 0.3) is 11.1 Å². The van der Waals surface area contributed by atoms with Gasteiger partial charge in [0.15, 0.2) is 5.69 Å². The monoisotopic (exact) mass is 648 g/mol. The van der Waals surface area contributed by atoms with E-state index in [4.69, 9.17) is 21.1 Å². The molecule has 1 fully saturated rings. The van der Waals surface area contributed by atoms with Crippen molar-refractivity contribution in [2.75, 3.05) is 18.4 Å². The van der Waals surface area contributed by atoms with Gasteiger partial charge in [-0.3, -0.25) is 4.68 Å². The number of anilines is 2. The van der Waals surface area contributed by atoms with Crippen LogP contribution in [0.2, 0.25) is 5.02 Å². The molecule has 13 nitrogen and oxygen atoms in total. The predicted molar refractivity (Wildman–Crippen MR) is 157 cm³/mol. The van der Waals surface area contributed by atoms with Gasteiger partial charge in [-0.15, -0.1) is 5.10 Å². The number of benzene rings is 1. The highest BCUT2D eigenvalue weighted by molar-refractivity contribution is 6.32. The molecule has 0 aliphatic carbocycles. The Labute approximate surface area is 261 Å². The summed E-state index contributed by atoms with van der Waals surface area (Å²) in [5, 5.41) is 17.9. The van der Waals surface area contributed by atoms with Gasteiger partial charge in [-0.05, 0) is 68.7 Å². The molecule has 5 rings (SSSR count). The minimum absolute atomic E-state index is 0.0379. The highest BCUT2D eigenvalue weighted by Crippen LogP contribution is 2.37. The van der Waals surface area contributed by atoms with Gasteiger partial charge in [-0.25, -0.2) is 19.4 Å². The van der Waals surface area contributed by atoms with E-state index in [0.717, 1.165) is 0 Å². The number of likely N-dealkylation sites (tertiary alicyclic amines) is 1. The maximum Gasteiger partial charge on any atom is 0.437 e. The van der Waals surface area contributed by atoms with Crippen molar-refractivity contribution in [3.05, 3.63) is 53.8 Å². The summed E-state index contributed by atoms with van der Waals surface area (Å²) in [6.45, 7) is 8.25. The number of alkyl halides is 3. The van der Waals surface area contributed by atoms with Gasteiger partial charge in [0.25, 0.3) is 0 Å². The number of piperidine rings is 1. The molecule has 0 unspecified atom stereocenters. The number of carbonyl (C=O) groups is 1. The van der Waals surface area contributed by atoms with Gasteiger partial charge >= 0.3 is 12.3 Å². The van der Waals surface area contributed by atoms with Gasteiger partial charge in [0, 0.05) is 37.2 Å². The summed E-state index contributed by atoms with van der Waals surface area (Å²) in [7, 11) is 0. The molecule has 0 spiro atoms. The van der Waals surface area contributed by atoms with Crippen LogP contribution < -0.4 is 10.1 Å². The van der Waals surface area contributed by atoms with E-state index in [2.05, 4.69) is 35.9 Å². The summed E-state index contributed by atoms with van der Waals surface area (Å²) in [6, 6.07) is 4.82. The predicted octanol–water partition coefficient (Wildman–Crippen LogP) is 5.78. The quantitative estimate of drug-likeness (QED) is 0.250. The molecular formula is C28H32ClF3N10O3. The molecule has 1 aromatic carbocycles. The first-order valence-corrected chi connectivity index (χ1v) is 14.5. The molecule has 1 saturated heterocycles. The Balaban J connectivity index is 1.26. The minimum atomic E-state index is -4.72. The smallest absolute Gasteiger partial charge is 0.437 e. The van der Waals surface area contributed by atoms with E-state index >= 15 is 0 Å². The molecule has 1 N–H and O–H groups in total. The van der Waals surface area contributed by atoms with Crippen LogP contribution in [0.3, 0.4) is 0 Å². The average Bonchev–Trinajstić information content (AvgIpc) is 3.64. The normalized spacial score (nSPS) is 15.2. The first-order chi connectivity index (χ1) is 21.2. The molecule has 0 bridgehead atoms. The van der Waals surface area contributed by atoms with E-state index < -0.39 is 23.6 Å². The summed E-state index contributed by atoms with van der Waals surface area (Å²) in [4.78, 5) is 22.4. The van der Waals surface area contributed by atoms with E-state index in [9.17, 15) is 18.0 Å². The number of amides is 1. The minimum Gasteiger partial charge on any atom is -0.487 e. The van der Waals surface area contributed by atoms with E-state index in [-0.39, 0.29) is 23.8 Å². The molecule has 3 aromatic heterocycles. The Hall–Kier alpha value is -4.47. The van der Waals surface area contributed by atoms with Crippen LogP contribution in [0, 0.1) is 0 Å². The van der Waals surface area contributed by atoms with Crippen LogP contribution in [-0.2, 0) is 17.5 Å². The second kappa shape index (κ2) is 12.9. The Morgan fingerprint density at radius 1 is 1.13 bits per heavy atom. The van der Waals surface area contributed by atoms with E-state index in [1.807, 2.05) is 6.92 Å². The second-order valence-corrected chi connectivity index (χ2v) is 12.0. The summed E-state index contributed by atoms with van der Waals surface area (Å²) in [5.41, 5.74) is -0.708.